The van der Waals surface area contributed by atoms with E-state index >= 15 is 0 Å². The molecule has 0 radical (unpaired) electrons. The molecule has 38 heavy (non-hydrogen) atoms. The van der Waals surface area contributed by atoms with E-state index in [0.717, 1.165) is 17.7 Å². The average molecular weight is 521 g/mol. The van der Waals surface area contributed by atoms with Crippen LogP contribution >= 0.6 is 0 Å². The lowest BCUT2D eigenvalue weighted by atomic mass is 10.1. The van der Waals surface area contributed by atoms with Crippen LogP contribution in [-0.4, -0.2) is 18.9 Å². The summed E-state index contributed by atoms with van der Waals surface area (Å²) in [4.78, 5) is 25.9. The van der Waals surface area contributed by atoms with Crippen molar-refractivity contribution >= 4 is 17.9 Å². The molecule has 0 atom stereocenters. The Morgan fingerprint density at radius 3 is 2.34 bits per heavy atom. The van der Waals surface area contributed by atoms with Gasteiger partial charge in [-0.15, -0.1) is 0 Å². The lowest BCUT2D eigenvalue weighted by Crippen LogP contribution is -2.34. The van der Waals surface area contributed by atoms with Crippen molar-refractivity contribution < 1.29 is 31.9 Å². The lowest BCUT2D eigenvalue weighted by molar-refractivity contribution is -0.137. The molecule has 0 spiro atoms. The minimum absolute atomic E-state index is 0.105. The first kappa shape index (κ1) is 26.3. The van der Waals surface area contributed by atoms with Gasteiger partial charge in [0, 0.05) is 23.7 Å². The van der Waals surface area contributed by atoms with Crippen molar-refractivity contribution in [2.75, 3.05) is 7.11 Å². The molecule has 0 unspecified atom stereocenters. The van der Waals surface area contributed by atoms with Gasteiger partial charge in [0.1, 0.15) is 23.0 Å². The third-order valence-electron chi connectivity index (χ3n) is 5.53. The summed E-state index contributed by atoms with van der Waals surface area (Å²) < 4.78 is 50.2. The summed E-state index contributed by atoms with van der Waals surface area (Å²) in [6, 6.07) is 23.2. The van der Waals surface area contributed by atoms with Gasteiger partial charge in [-0.3, -0.25) is 9.59 Å². The maximum atomic E-state index is 13.1. The predicted molar refractivity (Wildman–Crippen MR) is 136 cm³/mol. The fraction of sp³-hybridized carbons (Fsp3) is 0.103. The van der Waals surface area contributed by atoms with Crippen LogP contribution < -0.4 is 15.4 Å². The average Bonchev–Trinajstić information content (AvgIpc) is 3.40. The fourth-order valence-electron chi connectivity index (χ4n) is 3.55. The van der Waals surface area contributed by atoms with Crippen LogP contribution in [-0.2, 0) is 17.5 Å². The van der Waals surface area contributed by atoms with E-state index in [-0.39, 0.29) is 34.9 Å². The van der Waals surface area contributed by atoms with Crippen LogP contribution in [0, 0.1) is 0 Å². The SMILES string of the molecule is COc1ccc(C(=O)N/C(=C\c2ccc(-c3cccc(C(F)(F)F)c3)o2)C(=O)NCc2ccccc2)cc1. The van der Waals surface area contributed by atoms with Gasteiger partial charge >= 0.3 is 6.18 Å². The number of hydrogen-bond donors (Lipinski definition) is 2. The second-order valence-corrected chi connectivity index (χ2v) is 8.19. The summed E-state index contributed by atoms with van der Waals surface area (Å²) in [5.74, 6) is -0.216. The van der Waals surface area contributed by atoms with E-state index < -0.39 is 23.6 Å². The van der Waals surface area contributed by atoms with Gasteiger partial charge in [0.2, 0.25) is 0 Å². The predicted octanol–water partition coefficient (Wildman–Crippen LogP) is 6.06. The van der Waals surface area contributed by atoms with Gasteiger partial charge in [-0.05, 0) is 54.1 Å². The number of halogens is 3. The standard InChI is InChI=1S/C29H23F3N2O4/c1-37-23-12-10-20(11-13-23)27(35)34-25(28(36)33-18-19-6-3-2-4-7-19)17-24-14-15-26(38-24)21-8-5-9-22(16-21)29(30,31)32/h2-17H,18H2,1H3,(H,33,36)(H,34,35)/b25-17-. The van der Waals surface area contributed by atoms with Crippen LogP contribution in [0.15, 0.2) is 101 Å². The van der Waals surface area contributed by atoms with Crippen molar-refractivity contribution in [2.45, 2.75) is 12.7 Å². The first-order chi connectivity index (χ1) is 18.2. The molecule has 2 amide bonds. The van der Waals surface area contributed by atoms with Crippen molar-refractivity contribution in [2.24, 2.45) is 0 Å². The highest BCUT2D eigenvalue weighted by Crippen LogP contribution is 2.32. The lowest BCUT2D eigenvalue weighted by Gasteiger charge is -2.11. The molecular formula is C29H23F3N2O4. The number of hydrogen-bond acceptors (Lipinski definition) is 4. The molecule has 9 heteroatoms. The van der Waals surface area contributed by atoms with Crippen molar-refractivity contribution in [3.8, 4) is 17.1 Å². The van der Waals surface area contributed by atoms with Gasteiger partial charge < -0.3 is 19.8 Å². The maximum absolute atomic E-state index is 13.1. The Bertz CT molecular complexity index is 1440. The third-order valence-corrected chi connectivity index (χ3v) is 5.53. The maximum Gasteiger partial charge on any atom is 0.416 e. The fourth-order valence-corrected chi connectivity index (χ4v) is 3.55. The normalized spacial score (nSPS) is 11.6. The number of carbonyl (C=O) groups is 2. The van der Waals surface area contributed by atoms with Gasteiger partial charge in [-0.1, -0.05) is 42.5 Å². The van der Waals surface area contributed by atoms with E-state index in [1.54, 1.807) is 24.3 Å². The molecule has 4 rings (SSSR count). The largest absolute Gasteiger partial charge is 0.497 e. The van der Waals surface area contributed by atoms with Crippen LogP contribution in [0.1, 0.15) is 27.2 Å². The summed E-state index contributed by atoms with van der Waals surface area (Å²) in [6.45, 7) is 0.211. The van der Waals surface area contributed by atoms with E-state index in [4.69, 9.17) is 9.15 Å². The molecule has 194 valence electrons. The molecule has 3 aromatic carbocycles. The van der Waals surface area contributed by atoms with E-state index in [9.17, 15) is 22.8 Å². The molecule has 1 heterocycles. The van der Waals surface area contributed by atoms with E-state index in [1.807, 2.05) is 30.3 Å². The van der Waals surface area contributed by atoms with Crippen LogP contribution in [0.4, 0.5) is 13.2 Å². The number of rotatable bonds is 8. The first-order valence-electron chi connectivity index (χ1n) is 11.5. The highest BCUT2D eigenvalue weighted by atomic mass is 19.4. The molecule has 6 nitrogen and oxygen atoms in total. The summed E-state index contributed by atoms with van der Waals surface area (Å²) >= 11 is 0. The minimum atomic E-state index is -4.50. The minimum Gasteiger partial charge on any atom is -0.497 e. The zero-order chi connectivity index (χ0) is 27.1. The monoisotopic (exact) mass is 520 g/mol. The van der Waals surface area contributed by atoms with E-state index in [0.29, 0.717) is 5.75 Å². The van der Waals surface area contributed by atoms with Crippen LogP contribution in [0.25, 0.3) is 17.4 Å². The summed E-state index contributed by atoms with van der Waals surface area (Å²) in [7, 11) is 1.50. The summed E-state index contributed by atoms with van der Waals surface area (Å²) in [6.07, 6.45) is -3.18. The Labute approximate surface area is 216 Å². The molecule has 0 aliphatic carbocycles. The number of nitrogens with one attached hydrogen (secondary N) is 2. The zero-order valence-electron chi connectivity index (χ0n) is 20.2. The number of furan rings is 1. The van der Waals surface area contributed by atoms with Gasteiger partial charge in [-0.2, -0.15) is 13.2 Å². The topological polar surface area (TPSA) is 80.6 Å². The highest BCUT2D eigenvalue weighted by Gasteiger charge is 2.30. The molecular weight excluding hydrogens is 497 g/mol. The number of methoxy groups -OCH3 is 1. The van der Waals surface area contributed by atoms with Gasteiger partial charge in [-0.25, -0.2) is 0 Å². The number of carbonyl (C=O) groups excluding carboxylic acids is 2. The molecule has 2 N–H and O–H groups in total. The van der Waals surface area contributed by atoms with Crippen LogP contribution in [0.3, 0.4) is 0 Å². The number of amides is 2. The Kier molecular flexibility index (Phi) is 7.96. The molecule has 0 aliphatic heterocycles. The van der Waals surface area contributed by atoms with Gasteiger partial charge in [0.25, 0.3) is 11.8 Å². The number of alkyl halides is 3. The molecule has 0 bridgehead atoms. The van der Waals surface area contributed by atoms with Crippen LogP contribution in [0.2, 0.25) is 0 Å². The van der Waals surface area contributed by atoms with Crippen LogP contribution in [0.5, 0.6) is 5.75 Å². The first-order valence-corrected chi connectivity index (χ1v) is 11.5. The smallest absolute Gasteiger partial charge is 0.416 e. The van der Waals surface area contributed by atoms with Gasteiger partial charge in [0.15, 0.2) is 0 Å². The number of benzene rings is 3. The van der Waals surface area contributed by atoms with Gasteiger partial charge in [0.05, 0.1) is 12.7 Å². The quantitative estimate of drug-likeness (QED) is 0.277. The van der Waals surface area contributed by atoms with Crippen molar-refractivity contribution in [3.05, 3.63) is 119 Å². The van der Waals surface area contributed by atoms with Crippen molar-refractivity contribution in [1.82, 2.24) is 10.6 Å². The van der Waals surface area contributed by atoms with E-state index in [2.05, 4.69) is 10.6 Å². The highest BCUT2D eigenvalue weighted by molar-refractivity contribution is 6.05. The van der Waals surface area contributed by atoms with Crippen molar-refractivity contribution in [1.29, 1.82) is 0 Å². The van der Waals surface area contributed by atoms with Crippen molar-refractivity contribution in [3.63, 3.8) is 0 Å². The Balaban J connectivity index is 1.59. The molecule has 0 aliphatic rings. The molecule has 0 saturated carbocycles. The zero-order valence-corrected chi connectivity index (χ0v) is 20.2. The second-order valence-electron chi connectivity index (χ2n) is 8.19. The Hall–Kier alpha value is -4.79. The Morgan fingerprint density at radius 2 is 1.66 bits per heavy atom. The second kappa shape index (κ2) is 11.5. The molecule has 4 aromatic rings. The molecule has 1 aromatic heterocycles. The molecule has 0 saturated heterocycles. The molecule has 0 fully saturated rings. The summed E-state index contributed by atoms with van der Waals surface area (Å²) in [5, 5.41) is 5.34. The Morgan fingerprint density at radius 1 is 0.921 bits per heavy atom. The van der Waals surface area contributed by atoms with E-state index in [1.165, 1.54) is 37.5 Å². The summed E-state index contributed by atoms with van der Waals surface area (Å²) in [5.41, 5.74) is 0.447. The number of ether oxygens (including phenoxy) is 1. The third kappa shape index (κ3) is 6.70.